The monoisotopic (exact) mass is 330 g/mol. The van der Waals surface area contributed by atoms with Gasteiger partial charge in [-0.25, -0.2) is 0 Å². The SMILES string of the molecule is CC(=O)NCCNC(=O)c1cc(CN(C)Cc2ccccc2)on1. The first kappa shape index (κ1) is 17.7. The summed E-state index contributed by atoms with van der Waals surface area (Å²) in [4.78, 5) is 24.7. The molecule has 1 aromatic carbocycles. The zero-order valence-corrected chi connectivity index (χ0v) is 13.9. The Balaban J connectivity index is 1.79. The van der Waals surface area contributed by atoms with Crippen molar-refractivity contribution in [1.29, 1.82) is 0 Å². The quantitative estimate of drug-likeness (QED) is 0.710. The van der Waals surface area contributed by atoms with Crippen LogP contribution in [0.2, 0.25) is 0 Å². The zero-order chi connectivity index (χ0) is 17.4. The molecule has 2 amide bonds. The standard InChI is InChI=1S/C17H22N4O3/c1-13(22)18-8-9-19-17(23)16-10-15(24-20-16)12-21(2)11-14-6-4-3-5-7-14/h3-7,10H,8-9,11-12H2,1-2H3,(H,18,22)(H,19,23). The van der Waals surface area contributed by atoms with E-state index in [-0.39, 0.29) is 17.5 Å². The van der Waals surface area contributed by atoms with E-state index in [4.69, 9.17) is 4.52 Å². The Morgan fingerprint density at radius 3 is 2.54 bits per heavy atom. The van der Waals surface area contributed by atoms with E-state index in [1.807, 2.05) is 25.2 Å². The van der Waals surface area contributed by atoms with Gasteiger partial charge in [0.15, 0.2) is 11.5 Å². The lowest BCUT2D eigenvalue weighted by Crippen LogP contribution is -2.33. The van der Waals surface area contributed by atoms with Crippen LogP contribution < -0.4 is 10.6 Å². The van der Waals surface area contributed by atoms with Crippen LogP contribution in [0.15, 0.2) is 40.9 Å². The van der Waals surface area contributed by atoms with Crippen LogP contribution in [-0.4, -0.2) is 42.0 Å². The van der Waals surface area contributed by atoms with Gasteiger partial charge in [0.05, 0.1) is 6.54 Å². The molecule has 0 aliphatic heterocycles. The molecule has 0 spiro atoms. The molecule has 0 radical (unpaired) electrons. The third-order valence-corrected chi connectivity index (χ3v) is 3.30. The summed E-state index contributed by atoms with van der Waals surface area (Å²) in [5, 5.41) is 9.06. The highest BCUT2D eigenvalue weighted by Crippen LogP contribution is 2.09. The van der Waals surface area contributed by atoms with Gasteiger partial charge in [-0.05, 0) is 12.6 Å². The van der Waals surface area contributed by atoms with Crippen molar-refractivity contribution < 1.29 is 14.1 Å². The number of aromatic nitrogens is 1. The van der Waals surface area contributed by atoms with Crippen molar-refractivity contribution in [2.75, 3.05) is 20.1 Å². The molecular weight excluding hydrogens is 308 g/mol. The van der Waals surface area contributed by atoms with Crippen LogP contribution in [0, 0.1) is 0 Å². The van der Waals surface area contributed by atoms with Gasteiger partial charge >= 0.3 is 0 Å². The first-order valence-electron chi connectivity index (χ1n) is 7.75. The van der Waals surface area contributed by atoms with E-state index in [1.165, 1.54) is 12.5 Å². The maximum absolute atomic E-state index is 11.9. The van der Waals surface area contributed by atoms with Gasteiger partial charge in [0, 0.05) is 32.6 Å². The number of amides is 2. The molecule has 1 heterocycles. The lowest BCUT2D eigenvalue weighted by molar-refractivity contribution is -0.118. The third kappa shape index (κ3) is 5.85. The molecule has 24 heavy (non-hydrogen) atoms. The Bertz CT molecular complexity index is 669. The number of hydrogen-bond acceptors (Lipinski definition) is 5. The number of nitrogens with one attached hydrogen (secondary N) is 2. The lowest BCUT2D eigenvalue weighted by atomic mass is 10.2. The second-order valence-corrected chi connectivity index (χ2v) is 5.58. The molecule has 0 saturated carbocycles. The molecule has 0 bridgehead atoms. The molecule has 1 aromatic heterocycles. The topological polar surface area (TPSA) is 87.5 Å². The second-order valence-electron chi connectivity index (χ2n) is 5.58. The fourth-order valence-corrected chi connectivity index (χ4v) is 2.22. The molecule has 0 aliphatic carbocycles. The van der Waals surface area contributed by atoms with Crippen LogP contribution >= 0.6 is 0 Å². The highest BCUT2D eigenvalue weighted by atomic mass is 16.5. The number of nitrogens with zero attached hydrogens (tertiary/aromatic N) is 2. The summed E-state index contributed by atoms with van der Waals surface area (Å²) < 4.78 is 5.22. The normalized spacial score (nSPS) is 10.6. The summed E-state index contributed by atoms with van der Waals surface area (Å²) in [5.41, 5.74) is 1.44. The van der Waals surface area contributed by atoms with E-state index in [9.17, 15) is 9.59 Å². The van der Waals surface area contributed by atoms with Crippen LogP contribution in [0.4, 0.5) is 0 Å². The molecule has 0 saturated heterocycles. The number of benzene rings is 1. The van der Waals surface area contributed by atoms with E-state index < -0.39 is 0 Å². The predicted octanol–water partition coefficient (Wildman–Crippen LogP) is 1.17. The van der Waals surface area contributed by atoms with Gasteiger partial charge in [0.2, 0.25) is 5.91 Å². The molecule has 2 rings (SSSR count). The summed E-state index contributed by atoms with van der Waals surface area (Å²) in [6, 6.07) is 11.7. The van der Waals surface area contributed by atoms with Gasteiger partial charge in [0.1, 0.15) is 0 Å². The third-order valence-electron chi connectivity index (χ3n) is 3.30. The maximum Gasteiger partial charge on any atom is 0.273 e. The Morgan fingerprint density at radius 2 is 1.83 bits per heavy atom. The van der Waals surface area contributed by atoms with Crippen molar-refractivity contribution in [1.82, 2.24) is 20.7 Å². The highest BCUT2D eigenvalue weighted by Gasteiger charge is 2.13. The first-order valence-corrected chi connectivity index (χ1v) is 7.75. The zero-order valence-electron chi connectivity index (χ0n) is 13.9. The Hall–Kier alpha value is -2.67. The van der Waals surface area contributed by atoms with Crippen molar-refractivity contribution in [3.05, 3.63) is 53.4 Å². The van der Waals surface area contributed by atoms with Crippen molar-refractivity contribution in [2.45, 2.75) is 20.0 Å². The minimum absolute atomic E-state index is 0.130. The summed E-state index contributed by atoms with van der Waals surface area (Å²) in [6.45, 7) is 3.48. The second kappa shape index (κ2) is 8.83. The molecule has 0 aliphatic rings. The highest BCUT2D eigenvalue weighted by molar-refractivity contribution is 5.92. The predicted molar refractivity (Wildman–Crippen MR) is 89.1 cm³/mol. The fourth-order valence-electron chi connectivity index (χ4n) is 2.22. The van der Waals surface area contributed by atoms with E-state index in [0.29, 0.717) is 25.4 Å². The van der Waals surface area contributed by atoms with Crippen LogP contribution in [0.1, 0.15) is 28.7 Å². The van der Waals surface area contributed by atoms with Crippen molar-refractivity contribution in [3.63, 3.8) is 0 Å². The molecule has 7 heteroatoms. The van der Waals surface area contributed by atoms with E-state index in [2.05, 4.69) is 32.8 Å². The molecule has 128 valence electrons. The summed E-state index contributed by atoms with van der Waals surface area (Å²) in [5.74, 6) is 0.177. The Morgan fingerprint density at radius 1 is 1.12 bits per heavy atom. The molecular formula is C17H22N4O3. The lowest BCUT2D eigenvalue weighted by Gasteiger charge is -2.14. The average Bonchev–Trinajstić information content (AvgIpc) is 3.00. The molecule has 7 nitrogen and oxygen atoms in total. The van der Waals surface area contributed by atoms with E-state index >= 15 is 0 Å². The fraction of sp³-hybridized carbons (Fsp3) is 0.353. The van der Waals surface area contributed by atoms with Gasteiger partial charge in [-0.2, -0.15) is 0 Å². The number of rotatable bonds is 8. The van der Waals surface area contributed by atoms with Gasteiger partial charge in [0.25, 0.3) is 5.91 Å². The van der Waals surface area contributed by atoms with Gasteiger partial charge in [-0.3, -0.25) is 14.5 Å². The van der Waals surface area contributed by atoms with E-state index in [0.717, 1.165) is 6.54 Å². The maximum atomic E-state index is 11.9. The molecule has 0 atom stereocenters. The summed E-state index contributed by atoms with van der Waals surface area (Å²) >= 11 is 0. The van der Waals surface area contributed by atoms with Crippen LogP contribution in [0.5, 0.6) is 0 Å². The first-order chi connectivity index (χ1) is 11.5. The van der Waals surface area contributed by atoms with Crippen LogP contribution in [0.3, 0.4) is 0 Å². The number of carbonyl (C=O) groups is 2. The van der Waals surface area contributed by atoms with Gasteiger partial charge in [-0.1, -0.05) is 35.5 Å². The summed E-state index contributed by atoms with van der Waals surface area (Å²) in [7, 11) is 1.97. The van der Waals surface area contributed by atoms with E-state index in [1.54, 1.807) is 6.07 Å². The van der Waals surface area contributed by atoms with Crippen molar-refractivity contribution in [2.24, 2.45) is 0 Å². The number of hydrogen-bond donors (Lipinski definition) is 2. The van der Waals surface area contributed by atoms with Crippen molar-refractivity contribution >= 4 is 11.8 Å². The molecule has 0 fully saturated rings. The van der Waals surface area contributed by atoms with Gasteiger partial charge in [-0.15, -0.1) is 0 Å². The molecule has 2 aromatic rings. The van der Waals surface area contributed by atoms with Gasteiger partial charge < -0.3 is 15.2 Å². The Kier molecular flexibility index (Phi) is 6.51. The molecule has 2 N–H and O–H groups in total. The smallest absolute Gasteiger partial charge is 0.273 e. The number of carbonyl (C=O) groups excluding carboxylic acids is 2. The summed E-state index contributed by atoms with van der Waals surface area (Å²) in [6.07, 6.45) is 0. The molecule has 0 unspecified atom stereocenters. The Labute approximate surface area is 141 Å². The van der Waals surface area contributed by atoms with Crippen LogP contribution in [-0.2, 0) is 17.9 Å². The largest absolute Gasteiger partial charge is 0.359 e. The van der Waals surface area contributed by atoms with Crippen molar-refractivity contribution in [3.8, 4) is 0 Å². The average molecular weight is 330 g/mol. The minimum atomic E-state index is -0.318. The minimum Gasteiger partial charge on any atom is -0.359 e. The van der Waals surface area contributed by atoms with Crippen LogP contribution in [0.25, 0.3) is 0 Å².